The van der Waals surface area contributed by atoms with E-state index in [0.29, 0.717) is 64.7 Å². The zero-order valence-corrected chi connectivity index (χ0v) is 22.0. The Morgan fingerprint density at radius 3 is 2.60 bits per heavy atom. The van der Waals surface area contributed by atoms with Crippen LogP contribution in [0.25, 0.3) is 11.0 Å². The van der Waals surface area contributed by atoms with E-state index in [-0.39, 0.29) is 61.1 Å². The smallest absolute Gasteiger partial charge is 0.290 e. The lowest BCUT2D eigenvalue weighted by Gasteiger charge is -2.40. The average molecular weight is 530 g/mol. The molecule has 2 aliphatic heterocycles. The molecule has 1 aromatic heterocycles. The number of carbonyl (C=O) groups is 2. The Morgan fingerprint density at radius 2 is 1.91 bits per heavy atom. The van der Waals surface area contributed by atoms with E-state index in [9.17, 15) is 14.7 Å². The standard InChI is InChI=1S/C24H35N5O4.2ClH/c1-17(2)16-29(19-13-18(14-25-15-19)23(31)27-8-11-33-12-9-27)24(32)22-26-20-5-3-4-6-21(20)28(22)7-10-30;;/h3-6,17-19,25,30H,7-16H2,1-2H3;2*1H/t18-,19+;;/m1../s1. The van der Waals surface area contributed by atoms with Crippen molar-refractivity contribution >= 4 is 47.7 Å². The molecule has 11 heteroatoms. The predicted molar refractivity (Wildman–Crippen MR) is 139 cm³/mol. The number of benzene rings is 1. The zero-order valence-electron chi connectivity index (χ0n) is 20.4. The summed E-state index contributed by atoms with van der Waals surface area (Å²) < 4.78 is 7.19. The first-order valence-corrected chi connectivity index (χ1v) is 11.9. The highest BCUT2D eigenvalue weighted by Gasteiger charge is 2.36. The number of para-hydroxylation sites is 2. The Labute approximate surface area is 219 Å². The molecule has 1 aromatic carbocycles. The van der Waals surface area contributed by atoms with Gasteiger partial charge in [0.05, 0.1) is 36.8 Å². The van der Waals surface area contributed by atoms with Gasteiger partial charge in [-0.05, 0) is 24.5 Å². The molecule has 2 aliphatic rings. The van der Waals surface area contributed by atoms with Crippen LogP contribution in [0.3, 0.4) is 0 Å². The maximum atomic E-state index is 13.8. The number of aromatic nitrogens is 2. The summed E-state index contributed by atoms with van der Waals surface area (Å²) in [6.45, 7) is 8.65. The van der Waals surface area contributed by atoms with Crippen LogP contribution >= 0.6 is 24.8 Å². The van der Waals surface area contributed by atoms with Gasteiger partial charge in [-0.15, -0.1) is 24.8 Å². The number of nitrogens with one attached hydrogen (secondary N) is 1. The Hall–Kier alpha value is -1.91. The first-order valence-electron chi connectivity index (χ1n) is 11.9. The lowest BCUT2D eigenvalue weighted by Crippen LogP contribution is -2.56. The summed E-state index contributed by atoms with van der Waals surface area (Å²) in [6, 6.07) is 7.49. The fraction of sp³-hybridized carbons (Fsp3) is 0.625. The number of imidazole rings is 1. The maximum Gasteiger partial charge on any atom is 0.290 e. The fourth-order valence-electron chi connectivity index (χ4n) is 4.87. The molecule has 196 valence electrons. The van der Waals surface area contributed by atoms with E-state index < -0.39 is 0 Å². The number of piperidine rings is 1. The zero-order chi connectivity index (χ0) is 23.4. The van der Waals surface area contributed by atoms with Crippen molar-refractivity contribution in [3.8, 4) is 0 Å². The summed E-state index contributed by atoms with van der Waals surface area (Å²) in [5.41, 5.74) is 1.57. The van der Waals surface area contributed by atoms with Crippen molar-refractivity contribution in [3.05, 3.63) is 30.1 Å². The summed E-state index contributed by atoms with van der Waals surface area (Å²) in [4.78, 5) is 35.4. The highest BCUT2D eigenvalue weighted by Crippen LogP contribution is 2.24. The number of hydrogen-bond acceptors (Lipinski definition) is 6. The average Bonchev–Trinajstić information content (AvgIpc) is 3.21. The second-order valence-electron chi connectivity index (χ2n) is 9.33. The number of rotatable bonds is 7. The summed E-state index contributed by atoms with van der Waals surface area (Å²) in [7, 11) is 0. The summed E-state index contributed by atoms with van der Waals surface area (Å²) in [5, 5.41) is 13.0. The van der Waals surface area contributed by atoms with E-state index in [2.05, 4.69) is 24.1 Å². The molecule has 2 N–H and O–H groups in total. The van der Waals surface area contributed by atoms with Gasteiger partial charge in [0.1, 0.15) is 0 Å². The maximum absolute atomic E-state index is 13.8. The number of carbonyl (C=O) groups excluding carboxylic acids is 2. The van der Waals surface area contributed by atoms with Crippen LogP contribution in [0.2, 0.25) is 0 Å². The van der Waals surface area contributed by atoms with Crippen molar-refractivity contribution in [2.45, 2.75) is 32.9 Å². The van der Waals surface area contributed by atoms with Crippen molar-refractivity contribution < 1.29 is 19.4 Å². The van der Waals surface area contributed by atoms with Crippen LogP contribution in [0.4, 0.5) is 0 Å². The molecule has 35 heavy (non-hydrogen) atoms. The van der Waals surface area contributed by atoms with E-state index in [1.54, 1.807) is 4.57 Å². The van der Waals surface area contributed by atoms with Crippen molar-refractivity contribution in [1.29, 1.82) is 0 Å². The second-order valence-corrected chi connectivity index (χ2v) is 9.33. The minimum absolute atomic E-state index is 0. The number of fused-ring (bicyclic) bond motifs is 1. The van der Waals surface area contributed by atoms with Gasteiger partial charge in [0.15, 0.2) is 5.82 Å². The van der Waals surface area contributed by atoms with Crippen LogP contribution in [-0.2, 0) is 16.1 Å². The molecule has 2 saturated heterocycles. The number of morpholine rings is 1. The minimum Gasteiger partial charge on any atom is -0.395 e. The Kier molecular flexibility index (Phi) is 11.2. The van der Waals surface area contributed by atoms with Crippen molar-refractivity contribution in [2.24, 2.45) is 11.8 Å². The number of ether oxygens (including phenoxy) is 1. The topological polar surface area (TPSA) is 99.9 Å². The molecule has 2 atom stereocenters. The third-order valence-electron chi connectivity index (χ3n) is 6.43. The van der Waals surface area contributed by atoms with E-state index in [1.165, 1.54) is 0 Å². The number of aliphatic hydroxyl groups excluding tert-OH is 1. The summed E-state index contributed by atoms with van der Waals surface area (Å²) in [6.07, 6.45) is 0.627. The lowest BCUT2D eigenvalue weighted by atomic mass is 9.92. The van der Waals surface area contributed by atoms with E-state index >= 15 is 0 Å². The molecule has 2 amide bonds. The van der Waals surface area contributed by atoms with Gasteiger partial charge in [-0.2, -0.15) is 0 Å². The van der Waals surface area contributed by atoms with Gasteiger partial charge in [-0.1, -0.05) is 26.0 Å². The molecule has 0 aliphatic carbocycles. The minimum atomic E-state index is -0.166. The normalized spacial score (nSPS) is 20.3. The summed E-state index contributed by atoms with van der Waals surface area (Å²) in [5.74, 6) is 0.424. The van der Waals surface area contributed by atoms with Crippen LogP contribution < -0.4 is 5.32 Å². The Morgan fingerprint density at radius 1 is 1.20 bits per heavy atom. The third-order valence-corrected chi connectivity index (χ3v) is 6.43. The molecule has 3 heterocycles. The molecule has 2 fully saturated rings. The van der Waals surface area contributed by atoms with Crippen LogP contribution in [0.15, 0.2) is 24.3 Å². The largest absolute Gasteiger partial charge is 0.395 e. The van der Waals surface area contributed by atoms with Crippen LogP contribution in [0.1, 0.15) is 30.9 Å². The highest BCUT2D eigenvalue weighted by molar-refractivity contribution is 5.95. The number of hydrogen-bond donors (Lipinski definition) is 2. The first-order chi connectivity index (χ1) is 16.0. The molecular formula is C24H37Cl2N5O4. The number of aliphatic hydroxyl groups is 1. The Balaban J connectivity index is 0.00000216. The second kappa shape index (κ2) is 13.4. The van der Waals surface area contributed by atoms with Gasteiger partial charge in [0.2, 0.25) is 5.91 Å². The van der Waals surface area contributed by atoms with E-state index in [0.717, 1.165) is 11.0 Å². The number of amides is 2. The highest BCUT2D eigenvalue weighted by atomic mass is 35.5. The molecule has 2 aromatic rings. The Bertz CT molecular complexity index is 980. The molecule has 9 nitrogen and oxygen atoms in total. The predicted octanol–water partition coefficient (Wildman–Crippen LogP) is 1.81. The fourth-order valence-corrected chi connectivity index (χ4v) is 4.87. The molecule has 0 radical (unpaired) electrons. The van der Waals surface area contributed by atoms with E-state index in [4.69, 9.17) is 4.74 Å². The van der Waals surface area contributed by atoms with Gasteiger partial charge in [0, 0.05) is 45.3 Å². The van der Waals surface area contributed by atoms with Crippen LogP contribution in [0, 0.1) is 11.8 Å². The monoisotopic (exact) mass is 529 g/mol. The third kappa shape index (κ3) is 6.65. The van der Waals surface area contributed by atoms with E-state index in [1.807, 2.05) is 34.1 Å². The van der Waals surface area contributed by atoms with Gasteiger partial charge in [0.25, 0.3) is 5.91 Å². The summed E-state index contributed by atoms with van der Waals surface area (Å²) >= 11 is 0. The number of halogens is 2. The van der Waals surface area contributed by atoms with Gasteiger partial charge >= 0.3 is 0 Å². The van der Waals surface area contributed by atoms with Gasteiger partial charge in [-0.3, -0.25) is 9.59 Å². The van der Waals surface area contributed by atoms with Gasteiger partial charge in [-0.25, -0.2) is 4.98 Å². The molecule has 0 unspecified atom stereocenters. The molecule has 0 bridgehead atoms. The van der Waals surface area contributed by atoms with Crippen LogP contribution in [-0.4, -0.2) is 94.9 Å². The molecule has 4 rings (SSSR count). The SMILES string of the molecule is CC(C)CN(C(=O)c1nc2ccccc2n1CCO)[C@@H]1CNC[C@H](C(=O)N2CCOCC2)C1.Cl.Cl. The molecule has 0 spiro atoms. The quantitative estimate of drug-likeness (QED) is 0.567. The molecule has 0 saturated carbocycles. The van der Waals surface area contributed by atoms with Crippen molar-refractivity contribution in [1.82, 2.24) is 24.7 Å². The first kappa shape index (κ1) is 29.3. The molecular weight excluding hydrogens is 493 g/mol. The number of nitrogens with zero attached hydrogens (tertiary/aromatic N) is 4. The van der Waals surface area contributed by atoms with Gasteiger partial charge < -0.3 is 29.5 Å². The van der Waals surface area contributed by atoms with Crippen molar-refractivity contribution in [2.75, 3.05) is 52.5 Å². The van der Waals surface area contributed by atoms with Crippen LogP contribution in [0.5, 0.6) is 0 Å². The van der Waals surface area contributed by atoms with Crippen molar-refractivity contribution in [3.63, 3.8) is 0 Å². The lowest BCUT2D eigenvalue weighted by molar-refractivity contribution is -0.140.